The number of carbonyl (C=O) groups is 2. The third kappa shape index (κ3) is 5.14. The van der Waals surface area contributed by atoms with Crippen LogP contribution < -0.4 is 10.7 Å². The molecule has 2 amide bonds. The lowest BCUT2D eigenvalue weighted by Gasteiger charge is -2.07. The van der Waals surface area contributed by atoms with E-state index in [0.717, 1.165) is 5.56 Å². The van der Waals surface area contributed by atoms with Gasteiger partial charge in [-0.2, -0.15) is 5.10 Å². The Balaban J connectivity index is 1.61. The fourth-order valence-corrected chi connectivity index (χ4v) is 2.59. The van der Waals surface area contributed by atoms with Crippen molar-refractivity contribution in [1.82, 2.24) is 5.43 Å². The van der Waals surface area contributed by atoms with Crippen LogP contribution in [0.3, 0.4) is 0 Å². The third-order valence-electron chi connectivity index (χ3n) is 4.26. The highest BCUT2D eigenvalue weighted by Crippen LogP contribution is 2.13. The normalized spacial score (nSPS) is 10.9. The molecule has 30 heavy (non-hydrogen) atoms. The molecular weight excluding hydrogens is 384 g/mol. The first-order chi connectivity index (χ1) is 14.4. The Labute approximate surface area is 172 Å². The van der Waals surface area contributed by atoms with Crippen LogP contribution in [-0.4, -0.2) is 22.4 Å². The van der Waals surface area contributed by atoms with Crippen LogP contribution in [0.15, 0.2) is 84.0 Å². The van der Waals surface area contributed by atoms with Crippen molar-refractivity contribution in [3.05, 3.63) is 106 Å². The lowest BCUT2D eigenvalue weighted by atomic mass is 10.1. The largest absolute Gasteiger partial charge is 0.322 e. The van der Waals surface area contributed by atoms with Gasteiger partial charge in [0.1, 0.15) is 0 Å². The summed E-state index contributed by atoms with van der Waals surface area (Å²) < 4.78 is 0. The third-order valence-corrected chi connectivity index (χ3v) is 4.26. The second-order valence-corrected chi connectivity index (χ2v) is 6.34. The summed E-state index contributed by atoms with van der Waals surface area (Å²) in [6.45, 7) is 1.73. The van der Waals surface area contributed by atoms with Gasteiger partial charge in [0, 0.05) is 28.9 Å². The Bertz CT molecular complexity index is 1090. The molecule has 0 atom stereocenters. The maximum atomic E-state index is 12.2. The summed E-state index contributed by atoms with van der Waals surface area (Å²) in [5.74, 6) is -0.680. The molecule has 0 bridgehead atoms. The van der Waals surface area contributed by atoms with Crippen LogP contribution >= 0.6 is 0 Å². The Morgan fingerprint density at radius 3 is 1.97 bits per heavy atom. The van der Waals surface area contributed by atoms with E-state index in [-0.39, 0.29) is 17.2 Å². The molecule has 3 rings (SSSR count). The molecule has 150 valence electrons. The van der Waals surface area contributed by atoms with E-state index in [1.54, 1.807) is 55.5 Å². The predicted octanol–water partition coefficient (Wildman–Crippen LogP) is 4.00. The second-order valence-electron chi connectivity index (χ2n) is 6.34. The van der Waals surface area contributed by atoms with Crippen molar-refractivity contribution >= 4 is 28.9 Å². The smallest absolute Gasteiger partial charge is 0.271 e. The Morgan fingerprint density at radius 1 is 0.800 bits per heavy atom. The van der Waals surface area contributed by atoms with Gasteiger partial charge in [-0.05, 0) is 48.9 Å². The Kier molecular flexibility index (Phi) is 6.29. The van der Waals surface area contributed by atoms with Gasteiger partial charge in [-0.15, -0.1) is 0 Å². The van der Waals surface area contributed by atoms with Crippen molar-refractivity contribution in [3.63, 3.8) is 0 Å². The molecule has 0 saturated heterocycles. The van der Waals surface area contributed by atoms with Crippen LogP contribution in [-0.2, 0) is 0 Å². The molecule has 0 aliphatic rings. The zero-order valence-corrected chi connectivity index (χ0v) is 16.0. The summed E-state index contributed by atoms with van der Waals surface area (Å²) in [5, 5.41) is 17.5. The van der Waals surface area contributed by atoms with Crippen molar-refractivity contribution in [3.8, 4) is 0 Å². The molecule has 0 aliphatic heterocycles. The van der Waals surface area contributed by atoms with E-state index in [2.05, 4.69) is 15.8 Å². The summed E-state index contributed by atoms with van der Waals surface area (Å²) in [6.07, 6.45) is 0. The van der Waals surface area contributed by atoms with Gasteiger partial charge < -0.3 is 5.32 Å². The molecule has 0 aliphatic carbocycles. The Morgan fingerprint density at radius 2 is 1.37 bits per heavy atom. The van der Waals surface area contributed by atoms with E-state index in [4.69, 9.17) is 0 Å². The first-order valence-corrected chi connectivity index (χ1v) is 9.00. The number of hydrogen-bond donors (Lipinski definition) is 2. The van der Waals surface area contributed by atoms with Crippen LogP contribution in [0.25, 0.3) is 0 Å². The lowest BCUT2D eigenvalue weighted by Crippen LogP contribution is -2.19. The van der Waals surface area contributed by atoms with Gasteiger partial charge in [0.25, 0.3) is 17.5 Å². The molecule has 0 radical (unpaired) electrons. The van der Waals surface area contributed by atoms with Crippen molar-refractivity contribution in [2.24, 2.45) is 5.10 Å². The van der Waals surface area contributed by atoms with Crippen molar-refractivity contribution < 1.29 is 14.5 Å². The number of nitro benzene ring substituents is 1. The Hall–Kier alpha value is -4.33. The molecule has 0 unspecified atom stereocenters. The quantitative estimate of drug-likeness (QED) is 0.368. The fourth-order valence-electron chi connectivity index (χ4n) is 2.59. The highest BCUT2D eigenvalue weighted by atomic mass is 16.6. The molecule has 8 heteroatoms. The molecular formula is C22H18N4O4. The summed E-state index contributed by atoms with van der Waals surface area (Å²) in [6, 6.07) is 21.2. The number of non-ortho nitro benzene ring substituents is 1. The van der Waals surface area contributed by atoms with Gasteiger partial charge in [-0.25, -0.2) is 5.43 Å². The summed E-state index contributed by atoms with van der Waals surface area (Å²) in [4.78, 5) is 34.5. The minimum atomic E-state index is -0.532. The van der Waals surface area contributed by atoms with Crippen LogP contribution in [0.4, 0.5) is 11.4 Å². The second kappa shape index (κ2) is 9.24. The fraction of sp³-hybridized carbons (Fsp3) is 0.0455. The molecule has 2 N–H and O–H groups in total. The molecule has 0 saturated carbocycles. The number of nitro groups is 1. The molecule has 0 spiro atoms. The number of anilines is 1. The van der Waals surface area contributed by atoms with Crippen LogP contribution in [0, 0.1) is 10.1 Å². The van der Waals surface area contributed by atoms with E-state index < -0.39 is 10.8 Å². The van der Waals surface area contributed by atoms with Crippen LogP contribution in [0.5, 0.6) is 0 Å². The number of nitrogens with zero attached hydrogens (tertiary/aromatic N) is 2. The number of hydrogen-bond acceptors (Lipinski definition) is 5. The first-order valence-electron chi connectivity index (χ1n) is 9.00. The summed E-state index contributed by atoms with van der Waals surface area (Å²) >= 11 is 0. The minimum Gasteiger partial charge on any atom is -0.322 e. The minimum absolute atomic E-state index is 0.0920. The number of hydrazone groups is 1. The zero-order chi connectivity index (χ0) is 21.5. The summed E-state index contributed by atoms with van der Waals surface area (Å²) in [7, 11) is 0. The van der Waals surface area contributed by atoms with Crippen LogP contribution in [0.2, 0.25) is 0 Å². The van der Waals surface area contributed by atoms with E-state index in [1.165, 1.54) is 24.3 Å². The van der Waals surface area contributed by atoms with Gasteiger partial charge in [-0.1, -0.05) is 30.3 Å². The average molecular weight is 402 g/mol. The van der Waals surface area contributed by atoms with Gasteiger partial charge >= 0.3 is 0 Å². The number of amides is 2. The van der Waals surface area contributed by atoms with Gasteiger partial charge in [0.2, 0.25) is 0 Å². The molecule has 0 fully saturated rings. The number of carbonyl (C=O) groups excluding carboxylic acids is 2. The molecule has 3 aromatic carbocycles. The maximum Gasteiger partial charge on any atom is 0.271 e. The van der Waals surface area contributed by atoms with Crippen molar-refractivity contribution in [1.29, 1.82) is 0 Å². The molecule has 8 nitrogen and oxygen atoms in total. The van der Waals surface area contributed by atoms with Crippen molar-refractivity contribution in [2.75, 3.05) is 5.32 Å². The zero-order valence-electron chi connectivity index (χ0n) is 16.0. The molecule has 0 heterocycles. The highest BCUT2D eigenvalue weighted by Gasteiger charge is 2.09. The SMILES string of the molecule is C/C(=N/NC(=O)c1ccc([N+](=O)[O-])cc1)c1ccc(NC(=O)c2ccccc2)cc1. The van der Waals surface area contributed by atoms with E-state index >= 15 is 0 Å². The maximum absolute atomic E-state index is 12.2. The van der Waals surface area contributed by atoms with E-state index in [9.17, 15) is 19.7 Å². The highest BCUT2D eigenvalue weighted by molar-refractivity contribution is 6.05. The number of nitrogens with one attached hydrogen (secondary N) is 2. The van der Waals surface area contributed by atoms with E-state index in [1.807, 2.05) is 6.07 Å². The summed E-state index contributed by atoms with van der Waals surface area (Å²) in [5.41, 5.74) is 5.11. The van der Waals surface area contributed by atoms with Crippen LogP contribution in [0.1, 0.15) is 33.2 Å². The standard InChI is InChI=1S/C22H18N4O4/c1-15(24-25-22(28)18-9-13-20(14-10-18)26(29)30)16-7-11-19(12-8-16)23-21(27)17-5-3-2-4-6-17/h2-14H,1H3,(H,23,27)(H,25,28)/b24-15-. The number of rotatable bonds is 6. The average Bonchev–Trinajstić information content (AvgIpc) is 2.78. The predicted molar refractivity (Wildman–Crippen MR) is 114 cm³/mol. The van der Waals surface area contributed by atoms with Gasteiger partial charge in [-0.3, -0.25) is 19.7 Å². The first kappa shape index (κ1) is 20.4. The topological polar surface area (TPSA) is 114 Å². The molecule has 3 aromatic rings. The number of benzene rings is 3. The van der Waals surface area contributed by atoms with Gasteiger partial charge in [0.15, 0.2) is 0 Å². The van der Waals surface area contributed by atoms with Gasteiger partial charge in [0.05, 0.1) is 10.6 Å². The monoisotopic (exact) mass is 402 g/mol. The van der Waals surface area contributed by atoms with E-state index in [0.29, 0.717) is 17.0 Å². The molecule has 0 aromatic heterocycles. The van der Waals surface area contributed by atoms with Crippen molar-refractivity contribution in [2.45, 2.75) is 6.92 Å². The lowest BCUT2D eigenvalue weighted by molar-refractivity contribution is -0.384.